The molecule has 34 heavy (non-hydrogen) atoms. The molecule has 0 radical (unpaired) electrons. The number of carboxylic acids is 1. The summed E-state index contributed by atoms with van der Waals surface area (Å²) in [6.07, 6.45) is 0. The minimum atomic E-state index is -3.98. The van der Waals surface area contributed by atoms with E-state index in [1.807, 2.05) is 0 Å². The number of rotatable bonds is 8. The van der Waals surface area contributed by atoms with Crippen LogP contribution < -0.4 is 10.0 Å². The number of halogens is 2. The number of carbonyl (C=O) groups is 2. The van der Waals surface area contributed by atoms with Gasteiger partial charge in [0.1, 0.15) is 10.9 Å². The summed E-state index contributed by atoms with van der Waals surface area (Å²) in [6, 6.07) is 16.6. The van der Waals surface area contributed by atoms with Gasteiger partial charge in [0.2, 0.25) is 0 Å². The van der Waals surface area contributed by atoms with Crippen LogP contribution in [0.15, 0.2) is 71.6 Å². The summed E-state index contributed by atoms with van der Waals surface area (Å²) in [5, 5.41) is 11.8. The highest BCUT2D eigenvalue weighted by molar-refractivity contribution is 7.92. The number of amides is 1. The van der Waals surface area contributed by atoms with Gasteiger partial charge in [-0.1, -0.05) is 67.4 Å². The number of hydrogen-bond acceptors (Lipinski definition) is 4. The van der Waals surface area contributed by atoms with Crippen LogP contribution in [0.2, 0.25) is 10.0 Å². The first-order valence-corrected chi connectivity index (χ1v) is 12.4. The molecule has 3 aromatic carbocycles. The molecule has 0 heterocycles. The van der Waals surface area contributed by atoms with Crippen LogP contribution in [-0.4, -0.2) is 31.4 Å². The third kappa shape index (κ3) is 5.88. The number of hydrogen-bond donors (Lipinski definition) is 3. The molecule has 0 saturated carbocycles. The fourth-order valence-electron chi connectivity index (χ4n) is 3.22. The van der Waals surface area contributed by atoms with Crippen LogP contribution in [0.25, 0.3) is 11.1 Å². The van der Waals surface area contributed by atoms with Crippen molar-refractivity contribution in [1.82, 2.24) is 5.32 Å². The van der Waals surface area contributed by atoms with E-state index in [1.165, 1.54) is 18.2 Å². The molecule has 0 bridgehead atoms. The molecule has 3 rings (SSSR count). The van der Waals surface area contributed by atoms with E-state index in [2.05, 4.69) is 10.0 Å². The molecule has 0 fully saturated rings. The summed E-state index contributed by atoms with van der Waals surface area (Å²) in [5.41, 5.74) is 2.06. The average molecular weight is 521 g/mol. The third-order valence-corrected chi connectivity index (χ3v) is 7.37. The Hall–Kier alpha value is -3.07. The van der Waals surface area contributed by atoms with Crippen molar-refractivity contribution in [2.45, 2.75) is 24.8 Å². The van der Waals surface area contributed by atoms with Crippen molar-refractivity contribution >= 4 is 50.8 Å². The first-order chi connectivity index (χ1) is 16.0. The fourth-order valence-corrected chi connectivity index (χ4v) is 5.03. The largest absolute Gasteiger partial charge is 0.480 e. The molecule has 0 aromatic heterocycles. The van der Waals surface area contributed by atoms with Crippen LogP contribution >= 0.6 is 23.2 Å². The molecule has 1 unspecified atom stereocenters. The number of carbonyl (C=O) groups excluding carboxylic acids is 1. The Morgan fingerprint density at radius 3 is 2.18 bits per heavy atom. The lowest BCUT2D eigenvalue weighted by Gasteiger charge is -2.18. The molecular weight excluding hydrogens is 499 g/mol. The average Bonchev–Trinajstić information content (AvgIpc) is 2.78. The van der Waals surface area contributed by atoms with Crippen molar-refractivity contribution in [2.24, 2.45) is 5.92 Å². The minimum absolute atomic E-state index is 0.0655. The van der Waals surface area contributed by atoms with Gasteiger partial charge in [-0.2, -0.15) is 0 Å². The van der Waals surface area contributed by atoms with Crippen molar-refractivity contribution in [1.29, 1.82) is 0 Å². The standard InChI is InChI=1S/C24H22Cl2N2O5S/c1-14(2)22(24(30)31)27-23(29)16-11-9-15(10-12-16)17-5-3-6-18(13-17)28-34(32,33)20-8-4-7-19(25)21(20)26/h3-14,22,28H,1-2H3,(H,27,29)(H,30,31). The molecule has 0 aliphatic carbocycles. The predicted molar refractivity (Wildman–Crippen MR) is 133 cm³/mol. The topological polar surface area (TPSA) is 113 Å². The molecule has 1 atom stereocenters. The maximum Gasteiger partial charge on any atom is 0.326 e. The van der Waals surface area contributed by atoms with Crippen LogP contribution in [-0.2, 0) is 14.8 Å². The summed E-state index contributed by atoms with van der Waals surface area (Å²) in [7, 11) is -3.98. The van der Waals surface area contributed by atoms with E-state index >= 15 is 0 Å². The Morgan fingerprint density at radius 2 is 1.56 bits per heavy atom. The number of nitrogens with one attached hydrogen (secondary N) is 2. The van der Waals surface area contributed by atoms with Crippen LogP contribution in [0.1, 0.15) is 24.2 Å². The smallest absolute Gasteiger partial charge is 0.326 e. The molecule has 1 amide bonds. The van der Waals surface area contributed by atoms with Crippen molar-refractivity contribution < 1.29 is 23.1 Å². The van der Waals surface area contributed by atoms with E-state index in [-0.39, 0.29) is 20.9 Å². The van der Waals surface area contributed by atoms with Gasteiger partial charge in [-0.15, -0.1) is 0 Å². The summed E-state index contributed by atoms with van der Waals surface area (Å²) < 4.78 is 28.1. The van der Waals surface area contributed by atoms with Gasteiger partial charge in [0.05, 0.1) is 10.0 Å². The van der Waals surface area contributed by atoms with E-state index in [1.54, 1.807) is 62.4 Å². The number of carboxylic acid groups (broad SMARTS) is 1. The van der Waals surface area contributed by atoms with Gasteiger partial charge in [-0.05, 0) is 53.4 Å². The van der Waals surface area contributed by atoms with Gasteiger partial charge in [0.25, 0.3) is 15.9 Å². The van der Waals surface area contributed by atoms with Crippen LogP contribution in [0.4, 0.5) is 5.69 Å². The zero-order chi connectivity index (χ0) is 25.0. The Kier molecular flexibility index (Phi) is 7.86. The maximum absolute atomic E-state index is 12.8. The maximum atomic E-state index is 12.8. The summed E-state index contributed by atoms with van der Waals surface area (Å²) >= 11 is 12.0. The van der Waals surface area contributed by atoms with Crippen LogP contribution in [0.3, 0.4) is 0 Å². The lowest BCUT2D eigenvalue weighted by atomic mass is 10.0. The van der Waals surface area contributed by atoms with Gasteiger partial charge in [-0.25, -0.2) is 13.2 Å². The monoisotopic (exact) mass is 520 g/mol. The molecule has 7 nitrogen and oxygen atoms in total. The molecule has 0 saturated heterocycles. The normalized spacial score (nSPS) is 12.3. The highest BCUT2D eigenvalue weighted by Gasteiger charge is 2.24. The number of sulfonamides is 1. The SMILES string of the molecule is CC(C)C(NC(=O)c1ccc(-c2cccc(NS(=O)(=O)c3cccc(Cl)c3Cl)c2)cc1)C(=O)O. The highest BCUT2D eigenvalue weighted by atomic mass is 35.5. The van der Waals surface area contributed by atoms with E-state index in [0.717, 1.165) is 5.56 Å². The zero-order valence-corrected chi connectivity index (χ0v) is 20.6. The molecule has 3 N–H and O–H groups in total. The lowest BCUT2D eigenvalue weighted by molar-refractivity contribution is -0.140. The van der Waals surface area contributed by atoms with Crippen LogP contribution in [0.5, 0.6) is 0 Å². The Morgan fingerprint density at radius 1 is 0.912 bits per heavy atom. The van der Waals surface area contributed by atoms with Gasteiger partial charge >= 0.3 is 5.97 Å². The summed E-state index contributed by atoms with van der Waals surface area (Å²) in [5.74, 6) is -1.86. The number of anilines is 1. The molecule has 178 valence electrons. The predicted octanol–water partition coefficient (Wildman–Crippen LogP) is 5.30. The van der Waals surface area contributed by atoms with E-state index < -0.39 is 27.9 Å². The van der Waals surface area contributed by atoms with E-state index in [0.29, 0.717) is 16.8 Å². The Bertz CT molecular complexity index is 1330. The first-order valence-electron chi connectivity index (χ1n) is 10.2. The van der Waals surface area contributed by atoms with E-state index in [9.17, 15) is 23.1 Å². The number of aliphatic carboxylic acids is 1. The second kappa shape index (κ2) is 10.5. The molecule has 0 aliphatic heterocycles. The molecule has 3 aromatic rings. The summed E-state index contributed by atoms with van der Waals surface area (Å²) in [4.78, 5) is 23.6. The zero-order valence-electron chi connectivity index (χ0n) is 18.2. The van der Waals surface area contributed by atoms with Gasteiger partial charge in [0, 0.05) is 11.3 Å². The van der Waals surface area contributed by atoms with Crippen molar-refractivity contribution in [2.75, 3.05) is 4.72 Å². The highest BCUT2D eigenvalue weighted by Crippen LogP contribution is 2.31. The lowest BCUT2D eigenvalue weighted by Crippen LogP contribution is -2.44. The van der Waals surface area contributed by atoms with Crippen molar-refractivity contribution in [3.8, 4) is 11.1 Å². The minimum Gasteiger partial charge on any atom is -0.480 e. The van der Waals surface area contributed by atoms with Crippen molar-refractivity contribution in [3.63, 3.8) is 0 Å². The molecular formula is C24H22Cl2N2O5S. The van der Waals surface area contributed by atoms with Gasteiger partial charge in [0.15, 0.2) is 0 Å². The molecule has 0 spiro atoms. The molecule has 0 aliphatic rings. The second-order valence-electron chi connectivity index (χ2n) is 7.85. The van der Waals surface area contributed by atoms with Gasteiger partial charge < -0.3 is 10.4 Å². The quantitative estimate of drug-likeness (QED) is 0.373. The Balaban J connectivity index is 1.80. The molecule has 10 heteroatoms. The first kappa shape index (κ1) is 25.6. The van der Waals surface area contributed by atoms with Crippen LogP contribution in [0, 0.1) is 5.92 Å². The van der Waals surface area contributed by atoms with E-state index in [4.69, 9.17) is 23.2 Å². The third-order valence-electron chi connectivity index (χ3n) is 5.02. The second-order valence-corrected chi connectivity index (χ2v) is 10.3. The number of benzene rings is 3. The van der Waals surface area contributed by atoms with Crippen molar-refractivity contribution in [3.05, 3.63) is 82.3 Å². The fraction of sp³-hybridized carbons (Fsp3) is 0.167. The summed E-state index contributed by atoms with van der Waals surface area (Å²) in [6.45, 7) is 3.42. The Labute approximate surface area is 207 Å². The van der Waals surface area contributed by atoms with Gasteiger partial charge in [-0.3, -0.25) is 9.52 Å².